The van der Waals surface area contributed by atoms with Crippen LogP contribution in [-0.2, 0) is 9.59 Å². The van der Waals surface area contributed by atoms with Crippen molar-refractivity contribution < 1.29 is 23.8 Å². The number of benzene rings is 2. The van der Waals surface area contributed by atoms with Gasteiger partial charge >= 0.3 is 0 Å². The van der Waals surface area contributed by atoms with Crippen LogP contribution in [0.2, 0.25) is 0 Å². The molecule has 2 aromatic rings. The number of amides is 1. The SMILES string of the molecule is CCOc1ccc(C2CC(=O)C3=C(C2)NC(=O)CC3c2cc(Br)c(OCC)c(OCC)c2)cc1. The van der Waals surface area contributed by atoms with Crippen molar-refractivity contribution in [2.45, 2.75) is 51.9 Å². The Hall–Kier alpha value is -2.80. The largest absolute Gasteiger partial charge is 0.494 e. The Bertz CT molecular complexity index is 1110. The van der Waals surface area contributed by atoms with Crippen molar-refractivity contribution in [3.63, 3.8) is 0 Å². The summed E-state index contributed by atoms with van der Waals surface area (Å²) in [5, 5.41) is 2.99. The Kier molecular flexibility index (Phi) is 7.61. The Labute approximate surface area is 208 Å². The molecule has 0 saturated heterocycles. The molecule has 2 aromatic carbocycles. The summed E-state index contributed by atoms with van der Waals surface area (Å²) in [7, 11) is 0. The molecular formula is C27H30BrNO5. The van der Waals surface area contributed by atoms with Crippen molar-refractivity contribution in [1.82, 2.24) is 5.32 Å². The predicted molar refractivity (Wildman–Crippen MR) is 134 cm³/mol. The molecule has 0 fully saturated rings. The van der Waals surface area contributed by atoms with Crippen molar-refractivity contribution in [3.8, 4) is 17.2 Å². The van der Waals surface area contributed by atoms with E-state index in [4.69, 9.17) is 14.2 Å². The number of hydrogen-bond donors (Lipinski definition) is 1. The molecule has 2 unspecified atom stereocenters. The minimum atomic E-state index is -0.316. The van der Waals surface area contributed by atoms with E-state index in [0.29, 0.717) is 49.7 Å². The van der Waals surface area contributed by atoms with Gasteiger partial charge in [-0.15, -0.1) is 0 Å². The number of halogens is 1. The van der Waals surface area contributed by atoms with Crippen molar-refractivity contribution in [1.29, 1.82) is 0 Å². The number of allylic oxidation sites excluding steroid dienone is 2. The number of Topliss-reactive ketones (excluding diaryl/α,β-unsaturated/α-hetero) is 1. The number of carbonyl (C=O) groups is 2. The Morgan fingerprint density at radius 2 is 1.59 bits per heavy atom. The molecule has 2 atom stereocenters. The molecule has 0 spiro atoms. The lowest BCUT2D eigenvalue weighted by atomic mass is 9.73. The molecule has 0 bridgehead atoms. The Morgan fingerprint density at radius 1 is 0.882 bits per heavy atom. The van der Waals surface area contributed by atoms with Gasteiger partial charge in [0.1, 0.15) is 5.75 Å². The summed E-state index contributed by atoms with van der Waals surface area (Å²) in [5.41, 5.74) is 3.39. The highest BCUT2D eigenvalue weighted by molar-refractivity contribution is 9.10. The molecule has 7 heteroatoms. The van der Waals surface area contributed by atoms with Gasteiger partial charge in [0.2, 0.25) is 5.91 Å². The van der Waals surface area contributed by atoms with E-state index in [1.165, 1.54) is 0 Å². The highest BCUT2D eigenvalue weighted by Gasteiger charge is 2.38. The number of nitrogens with one attached hydrogen (secondary N) is 1. The zero-order valence-electron chi connectivity index (χ0n) is 19.8. The smallest absolute Gasteiger partial charge is 0.225 e. The lowest BCUT2D eigenvalue weighted by Gasteiger charge is -2.34. The molecule has 180 valence electrons. The van der Waals surface area contributed by atoms with E-state index in [0.717, 1.165) is 27.0 Å². The summed E-state index contributed by atoms with van der Waals surface area (Å²) >= 11 is 3.59. The first-order chi connectivity index (χ1) is 16.4. The first-order valence-corrected chi connectivity index (χ1v) is 12.6. The van der Waals surface area contributed by atoms with E-state index in [1.54, 1.807) is 0 Å². The number of rotatable bonds is 8. The van der Waals surface area contributed by atoms with Gasteiger partial charge in [0.05, 0.1) is 24.3 Å². The van der Waals surface area contributed by atoms with Gasteiger partial charge in [0.25, 0.3) is 0 Å². The highest BCUT2D eigenvalue weighted by atomic mass is 79.9. The molecule has 1 N–H and O–H groups in total. The highest BCUT2D eigenvalue weighted by Crippen LogP contribution is 2.46. The van der Waals surface area contributed by atoms with Crippen LogP contribution in [-0.4, -0.2) is 31.5 Å². The first kappa shape index (κ1) is 24.3. The van der Waals surface area contributed by atoms with Crippen LogP contribution in [0.3, 0.4) is 0 Å². The van der Waals surface area contributed by atoms with Gasteiger partial charge < -0.3 is 19.5 Å². The summed E-state index contributed by atoms with van der Waals surface area (Å²) in [6, 6.07) is 11.7. The van der Waals surface area contributed by atoms with Gasteiger partial charge in [-0.25, -0.2) is 0 Å². The van der Waals surface area contributed by atoms with Gasteiger partial charge in [-0.3, -0.25) is 9.59 Å². The fourth-order valence-corrected chi connectivity index (χ4v) is 5.39. The van der Waals surface area contributed by atoms with Crippen LogP contribution in [0.25, 0.3) is 0 Å². The van der Waals surface area contributed by atoms with E-state index in [-0.39, 0.29) is 29.9 Å². The van der Waals surface area contributed by atoms with Crippen LogP contribution < -0.4 is 19.5 Å². The molecule has 6 nitrogen and oxygen atoms in total. The molecule has 1 heterocycles. The zero-order valence-corrected chi connectivity index (χ0v) is 21.4. The maximum absolute atomic E-state index is 13.4. The Morgan fingerprint density at radius 3 is 2.26 bits per heavy atom. The third-order valence-corrected chi connectivity index (χ3v) is 6.81. The van der Waals surface area contributed by atoms with Crippen LogP contribution in [0, 0.1) is 0 Å². The van der Waals surface area contributed by atoms with Crippen LogP contribution in [0.1, 0.15) is 63.0 Å². The van der Waals surface area contributed by atoms with E-state index in [2.05, 4.69) is 21.2 Å². The first-order valence-electron chi connectivity index (χ1n) is 11.8. The Balaban J connectivity index is 1.68. The minimum Gasteiger partial charge on any atom is -0.494 e. The summed E-state index contributed by atoms with van der Waals surface area (Å²) in [6.07, 6.45) is 1.26. The standard InChI is InChI=1S/C27H30BrNO5/c1-4-32-19-9-7-16(8-10-19)17-12-22-26(23(30)13-17)20(15-25(31)29-22)18-11-21(28)27(34-6-3)24(14-18)33-5-2/h7-11,14,17,20H,4-6,12-13,15H2,1-3H3,(H,29,31). The molecule has 0 radical (unpaired) electrons. The molecule has 1 aliphatic heterocycles. The quantitative estimate of drug-likeness (QED) is 0.480. The molecule has 0 saturated carbocycles. The van der Waals surface area contributed by atoms with Gasteiger partial charge in [0.15, 0.2) is 17.3 Å². The zero-order chi connectivity index (χ0) is 24.2. The van der Waals surface area contributed by atoms with Gasteiger partial charge in [0, 0.05) is 30.0 Å². The van der Waals surface area contributed by atoms with Gasteiger partial charge in [-0.2, -0.15) is 0 Å². The number of ether oxygens (including phenoxy) is 3. The molecular weight excluding hydrogens is 498 g/mol. The summed E-state index contributed by atoms with van der Waals surface area (Å²) in [5.74, 6) is 1.76. The molecule has 1 aliphatic carbocycles. The van der Waals surface area contributed by atoms with E-state index >= 15 is 0 Å². The molecule has 4 rings (SSSR count). The molecule has 34 heavy (non-hydrogen) atoms. The molecule has 2 aliphatic rings. The minimum absolute atomic E-state index is 0.0204. The van der Waals surface area contributed by atoms with Crippen LogP contribution in [0.5, 0.6) is 17.2 Å². The van der Waals surface area contributed by atoms with Crippen LogP contribution in [0.4, 0.5) is 0 Å². The number of hydrogen-bond acceptors (Lipinski definition) is 5. The average molecular weight is 528 g/mol. The summed E-state index contributed by atoms with van der Waals surface area (Å²) in [6.45, 7) is 7.38. The van der Waals surface area contributed by atoms with E-state index in [1.807, 2.05) is 57.2 Å². The second kappa shape index (κ2) is 10.6. The van der Waals surface area contributed by atoms with Crippen molar-refractivity contribution in [3.05, 3.63) is 63.3 Å². The van der Waals surface area contributed by atoms with Crippen molar-refractivity contribution in [2.75, 3.05) is 19.8 Å². The predicted octanol–water partition coefficient (Wildman–Crippen LogP) is 5.65. The lowest BCUT2D eigenvalue weighted by molar-refractivity contribution is -0.122. The fraction of sp³-hybridized carbons (Fsp3) is 0.407. The fourth-order valence-electron chi connectivity index (χ4n) is 4.82. The van der Waals surface area contributed by atoms with Crippen LogP contribution in [0.15, 0.2) is 52.1 Å². The monoisotopic (exact) mass is 527 g/mol. The summed E-state index contributed by atoms with van der Waals surface area (Å²) in [4.78, 5) is 26.1. The van der Waals surface area contributed by atoms with Gasteiger partial charge in [-0.05, 0) is 84.4 Å². The lowest BCUT2D eigenvalue weighted by Crippen LogP contribution is -2.38. The van der Waals surface area contributed by atoms with E-state index < -0.39 is 0 Å². The third kappa shape index (κ3) is 4.99. The second-order valence-corrected chi connectivity index (χ2v) is 9.28. The van der Waals surface area contributed by atoms with Crippen molar-refractivity contribution >= 4 is 27.6 Å². The maximum Gasteiger partial charge on any atom is 0.225 e. The topological polar surface area (TPSA) is 73.9 Å². The summed E-state index contributed by atoms with van der Waals surface area (Å²) < 4.78 is 17.9. The molecule has 1 amide bonds. The van der Waals surface area contributed by atoms with Gasteiger partial charge in [-0.1, -0.05) is 12.1 Å². The second-order valence-electron chi connectivity index (χ2n) is 8.42. The van der Waals surface area contributed by atoms with Crippen LogP contribution >= 0.6 is 15.9 Å². The third-order valence-electron chi connectivity index (χ3n) is 6.22. The van der Waals surface area contributed by atoms with E-state index in [9.17, 15) is 9.59 Å². The normalized spacial score (nSPS) is 20.0. The molecule has 0 aromatic heterocycles. The maximum atomic E-state index is 13.4. The van der Waals surface area contributed by atoms with Crippen molar-refractivity contribution in [2.24, 2.45) is 0 Å². The number of ketones is 1. The number of carbonyl (C=O) groups excluding carboxylic acids is 2. The average Bonchev–Trinajstić information content (AvgIpc) is 2.81.